The van der Waals surface area contributed by atoms with Gasteiger partial charge in [0, 0.05) is 17.7 Å². The number of rotatable bonds is 8. The summed E-state index contributed by atoms with van der Waals surface area (Å²) < 4.78 is 4.78. The molecule has 11 heteroatoms. The number of carbonyl (C=O) groups is 3. The second-order valence-corrected chi connectivity index (χ2v) is 6.06. The average Bonchev–Trinajstić information content (AvgIpc) is 2.72. The van der Waals surface area contributed by atoms with Gasteiger partial charge in [-0.15, -0.1) is 0 Å². The fourth-order valence-electron chi connectivity index (χ4n) is 2.16. The van der Waals surface area contributed by atoms with Crippen LogP contribution in [0.3, 0.4) is 0 Å². The van der Waals surface area contributed by atoms with Gasteiger partial charge in [-0.3, -0.25) is 19.7 Å². The maximum absolute atomic E-state index is 12.0. The molecular weight excluding hydrogens is 406 g/mol. The largest absolute Gasteiger partial charge is 0.454 e. The zero-order valence-electron chi connectivity index (χ0n) is 14.8. The Bertz CT molecular complexity index is 921. The van der Waals surface area contributed by atoms with Gasteiger partial charge in [0.15, 0.2) is 12.6 Å². The van der Waals surface area contributed by atoms with Crippen molar-refractivity contribution in [3.8, 4) is 0 Å². The second-order valence-electron chi connectivity index (χ2n) is 5.65. The molecule has 2 amide bonds. The Morgan fingerprint density at radius 2 is 1.86 bits per heavy atom. The lowest BCUT2D eigenvalue weighted by atomic mass is 10.2. The fraction of sp³-hybridized carbons (Fsp3) is 0.167. The SMILES string of the molecule is O=C(COC(=O)C(CO)NC(=O)c1ccccc1)Nc1cc([N+](=O)[O-])ccc1Cl. The van der Waals surface area contributed by atoms with Crippen molar-refractivity contribution in [2.24, 2.45) is 0 Å². The van der Waals surface area contributed by atoms with Crippen LogP contribution in [0, 0.1) is 10.1 Å². The van der Waals surface area contributed by atoms with Gasteiger partial charge in [-0.05, 0) is 18.2 Å². The number of carbonyl (C=O) groups excluding carboxylic acids is 3. The van der Waals surface area contributed by atoms with Crippen LogP contribution in [0.2, 0.25) is 5.02 Å². The lowest BCUT2D eigenvalue weighted by molar-refractivity contribution is -0.384. The zero-order valence-corrected chi connectivity index (χ0v) is 15.6. The molecule has 2 aromatic rings. The van der Waals surface area contributed by atoms with E-state index in [-0.39, 0.29) is 22.0 Å². The molecule has 0 saturated heterocycles. The van der Waals surface area contributed by atoms with Crippen LogP contribution in [-0.2, 0) is 14.3 Å². The summed E-state index contributed by atoms with van der Waals surface area (Å²) in [6.07, 6.45) is 0. The number of nitro benzene ring substituents is 1. The standard InChI is InChI=1S/C18H16ClN3O7/c19-13-7-6-12(22(27)28)8-14(13)20-16(24)10-29-18(26)15(9-23)21-17(25)11-4-2-1-3-5-11/h1-8,15,23H,9-10H2,(H,20,24)(H,21,25). The summed E-state index contributed by atoms with van der Waals surface area (Å²) in [6.45, 7) is -1.49. The Hall–Kier alpha value is -3.50. The first-order chi connectivity index (χ1) is 13.8. The highest BCUT2D eigenvalue weighted by atomic mass is 35.5. The van der Waals surface area contributed by atoms with Gasteiger partial charge in [0.05, 0.1) is 22.2 Å². The highest BCUT2D eigenvalue weighted by Crippen LogP contribution is 2.26. The Kier molecular flexibility index (Phi) is 7.63. The van der Waals surface area contributed by atoms with Crippen LogP contribution in [0.1, 0.15) is 10.4 Å². The molecule has 0 radical (unpaired) electrons. The Balaban J connectivity index is 1.91. The Morgan fingerprint density at radius 3 is 2.48 bits per heavy atom. The number of hydrogen-bond acceptors (Lipinski definition) is 7. The number of nitro groups is 1. The third kappa shape index (κ3) is 6.26. The molecule has 0 fully saturated rings. The molecule has 1 unspecified atom stereocenters. The molecule has 0 aromatic heterocycles. The van der Waals surface area contributed by atoms with Crippen LogP contribution in [0.25, 0.3) is 0 Å². The molecule has 0 aliphatic carbocycles. The number of aliphatic hydroxyl groups excluding tert-OH is 1. The summed E-state index contributed by atoms with van der Waals surface area (Å²) in [6, 6.07) is 10.1. The van der Waals surface area contributed by atoms with Crippen LogP contribution < -0.4 is 10.6 Å². The van der Waals surface area contributed by atoms with Gasteiger partial charge in [-0.2, -0.15) is 0 Å². The van der Waals surface area contributed by atoms with Gasteiger partial charge in [0.2, 0.25) is 0 Å². The van der Waals surface area contributed by atoms with E-state index in [1.807, 2.05) is 0 Å². The van der Waals surface area contributed by atoms with E-state index in [9.17, 15) is 29.6 Å². The van der Waals surface area contributed by atoms with Gasteiger partial charge in [-0.25, -0.2) is 4.79 Å². The molecule has 152 valence electrons. The zero-order chi connectivity index (χ0) is 21.4. The van der Waals surface area contributed by atoms with E-state index in [4.69, 9.17) is 16.3 Å². The topological polar surface area (TPSA) is 148 Å². The molecule has 0 heterocycles. The Labute approximate surface area is 169 Å². The predicted octanol–water partition coefficient (Wildman–Crippen LogP) is 1.52. The molecule has 0 spiro atoms. The van der Waals surface area contributed by atoms with Crippen LogP contribution in [-0.4, -0.2) is 47.1 Å². The quantitative estimate of drug-likeness (QED) is 0.332. The molecule has 3 N–H and O–H groups in total. The number of esters is 1. The first kappa shape index (κ1) is 21.8. The first-order valence-corrected chi connectivity index (χ1v) is 8.56. The van der Waals surface area contributed by atoms with Crippen LogP contribution in [0.5, 0.6) is 0 Å². The van der Waals surface area contributed by atoms with Gasteiger partial charge in [0.25, 0.3) is 17.5 Å². The van der Waals surface area contributed by atoms with Crippen molar-refractivity contribution in [1.82, 2.24) is 5.32 Å². The lowest BCUT2D eigenvalue weighted by Crippen LogP contribution is -2.45. The van der Waals surface area contributed by atoms with E-state index in [0.29, 0.717) is 0 Å². The Morgan fingerprint density at radius 1 is 1.17 bits per heavy atom. The summed E-state index contributed by atoms with van der Waals surface area (Å²) in [7, 11) is 0. The fourth-order valence-corrected chi connectivity index (χ4v) is 2.32. The summed E-state index contributed by atoms with van der Waals surface area (Å²) in [5.41, 5.74) is -0.0412. The molecule has 0 aliphatic rings. The molecule has 2 rings (SSSR count). The van der Waals surface area contributed by atoms with E-state index >= 15 is 0 Å². The van der Waals surface area contributed by atoms with E-state index in [1.165, 1.54) is 24.3 Å². The normalized spacial score (nSPS) is 11.2. The van der Waals surface area contributed by atoms with Gasteiger partial charge in [-0.1, -0.05) is 29.8 Å². The number of halogens is 1. The molecular formula is C18H16ClN3O7. The van der Waals surface area contributed by atoms with E-state index in [2.05, 4.69) is 10.6 Å². The first-order valence-electron chi connectivity index (χ1n) is 8.19. The van der Waals surface area contributed by atoms with E-state index < -0.39 is 42.0 Å². The highest BCUT2D eigenvalue weighted by Gasteiger charge is 2.23. The number of hydrogen-bond donors (Lipinski definition) is 3. The van der Waals surface area contributed by atoms with Gasteiger partial charge < -0.3 is 20.5 Å². The number of non-ortho nitro benzene ring substituents is 1. The number of ether oxygens (including phenoxy) is 1. The highest BCUT2D eigenvalue weighted by molar-refractivity contribution is 6.33. The van der Waals surface area contributed by atoms with Crippen molar-refractivity contribution in [3.05, 3.63) is 69.2 Å². The monoisotopic (exact) mass is 421 g/mol. The van der Waals surface area contributed by atoms with Crippen molar-refractivity contribution >= 4 is 40.8 Å². The summed E-state index contributed by atoms with van der Waals surface area (Å²) >= 11 is 5.87. The third-order valence-corrected chi connectivity index (χ3v) is 3.92. The summed E-state index contributed by atoms with van der Waals surface area (Å²) in [5, 5.41) is 24.7. The van der Waals surface area contributed by atoms with Crippen molar-refractivity contribution in [3.63, 3.8) is 0 Å². The van der Waals surface area contributed by atoms with Gasteiger partial charge >= 0.3 is 5.97 Å². The number of nitrogens with one attached hydrogen (secondary N) is 2. The van der Waals surface area contributed by atoms with Crippen LogP contribution >= 0.6 is 11.6 Å². The van der Waals surface area contributed by atoms with Crippen molar-refractivity contribution < 1.29 is 29.2 Å². The molecule has 10 nitrogen and oxygen atoms in total. The lowest BCUT2D eigenvalue weighted by Gasteiger charge is -2.15. The number of aliphatic hydroxyl groups is 1. The molecule has 0 aliphatic heterocycles. The van der Waals surface area contributed by atoms with Gasteiger partial charge in [0.1, 0.15) is 0 Å². The minimum Gasteiger partial charge on any atom is -0.454 e. The number of amides is 2. The van der Waals surface area contributed by atoms with Crippen LogP contribution in [0.4, 0.5) is 11.4 Å². The smallest absolute Gasteiger partial charge is 0.331 e. The minimum atomic E-state index is -1.38. The van der Waals surface area contributed by atoms with E-state index in [1.54, 1.807) is 18.2 Å². The molecule has 29 heavy (non-hydrogen) atoms. The van der Waals surface area contributed by atoms with Crippen molar-refractivity contribution in [1.29, 1.82) is 0 Å². The van der Waals surface area contributed by atoms with Crippen LogP contribution in [0.15, 0.2) is 48.5 Å². The average molecular weight is 422 g/mol. The molecule has 1 atom stereocenters. The second kappa shape index (κ2) is 10.2. The van der Waals surface area contributed by atoms with Crippen molar-refractivity contribution in [2.45, 2.75) is 6.04 Å². The minimum absolute atomic E-state index is 0.0296. The molecule has 0 bridgehead atoms. The predicted molar refractivity (Wildman–Crippen MR) is 102 cm³/mol. The van der Waals surface area contributed by atoms with Crippen molar-refractivity contribution in [2.75, 3.05) is 18.5 Å². The molecule has 0 saturated carbocycles. The number of benzene rings is 2. The summed E-state index contributed by atoms with van der Waals surface area (Å²) in [5.74, 6) is -2.45. The maximum atomic E-state index is 12.0. The summed E-state index contributed by atoms with van der Waals surface area (Å²) in [4.78, 5) is 46.1. The molecule has 2 aromatic carbocycles. The number of nitrogens with zero attached hydrogens (tertiary/aromatic N) is 1. The van der Waals surface area contributed by atoms with E-state index in [0.717, 1.165) is 6.07 Å². The number of anilines is 1. The maximum Gasteiger partial charge on any atom is 0.331 e. The third-order valence-electron chi connectivity index (χ3n) is 3.59.